The van der Waals surface area contributed by atoms with Crippen LogP contribution in [-0.2, 0) is 12.1 Å². The summed E-state index contributed by atoms with van der Waals surface area (Å²) in [6.07, 6.45) is 0. The lowest BCUT2D eigenvalue weighted by molar-refractivity contribution is 0.0566. The highest BCUT2D eigenvalue weighted by Crippen LogP contribution is 2.19. The molecule has 0 aliphatic rings. The molecular weight excluding hydrogens is 320 g/mol. The van der Waals surface area contributed by atoms with Crippen LogP contribution >= 0.6 is 0 Å². The molecule has 3 aromatic carbocycles. The third-order valence-corrected chi connectivity index (χ3v) is 4.78. The second kappa shape index (κ2) is 8.45. The van der Waals surface area contributed by atoms with Gasteiger partial charge in [0.15, 0.2) is 0 Å². The first-order valence-corrected chi connectivity index (χ1v) is 9.24. The maximum absolute atomic E-state index is 10.6. The fraction of sp³-hybridized carbons (Fsp3) is 0.304. The summed E-state index contributed by atoms with van der Waals surface area (Å²) in [4.78, 5) is 0. The van der Waals surface area contributed by atoms with Crippen molar-refractivity contribution in [1.29, 1.82) is 0 Å². The van der Waals surface area contributed by atoms with Crippen LogP contribution in [0.2, 0.25) is 0 Å². The topological polar surface area (TPSA) is 44.3 Å². The Kier molecular flexibility index (Phi) is 6.04. The van der Waals surface area contributed by atoms with Gasteiger partial charge < -0.3 is 15.7 Å². The fourth-order valence-electron chi connectivity index (χ4n) is 3.14. The van der Waals surface area contributed by atoms with E-state index in [-0.39, 0.29) is 0 Å². The molecule has 0 amide bonds. The Labute approximate surface area is 156 Å². The second-order valence-electron chi connectivity index (χ2n) is 7.23. The summed E-state index contributed by atoms with van der Waals surface area (Å²) in [5.74, 6) is 0. The Bertz CT molecular complexity index is 830. The van der Waals surface area contributed by atoms with E-state index in [9.17, 15) is 5.11 Å². The Morgan fingerprint density at radius 2 is 1.62 bits per heavy atom. The molecule has 0 aliphatic carbocycles. The molecule has 0 radical (unpaired) electrons. The number of fused-ring (bicyclic) bond motifs is 1. The summed E-state index contributed by atoms with van der Waals surface area (Å²) in [6, 6.07) is 25.1. The van der Waals surface area contributed by atoms with Crippen LogP contribution in [0.3, 0.4) is 0 Å². The van der Waals surface area contributed by atoms with Crippen LogP contribution in [0.15, 0.2) is 72.8 Å². The quantitative estimate of drug-likeness (QED) is 0.580. The summed E-state index contributed by atoms with van der Waals surface area (Å²) in [7, 11) is 0. The van der Waals surface area contributed by atoms with Crippen molar-refractivity contribution in [2.45, 2.75) is 32.0 Å². The first-order valence-electron chi connectivity index (χ1n) is 9.24. The lowest BCUT2D eigenvalue weighted by Gasteiger charge is -2.25. The van der Waals surface area contributed by atoms with Crippen molar-refractivity contribution in [3.63, 3.8) is 0 Å². The lowest BCUT2D eigenvalue weighted by Crippen LogP contribution is -2.42. The number of benzene rings is 3. The molecular formula is C23H28N2O. The van der Waals surface area contributed by atoms with E-state index < -0.39 is 5.60 Å². The largest absolute Gasteiger partial charge is 0.384 e. The van der Waals surface area contributed by atoms with Crippen LogP contribution in [0.1, 0.15) is 25.0 Å². The molecule has 26 heavy (non-hydrogen) atoms. The van der Waals surface area contributed by atoms with Crippen LogP contribution in [0.25, 0.3) is 10.8 Å². The van der Waals surface area contributed by atoms with E-state index in [1.54, 1.807) is 0 Å². The highest BCUT2D eigenvalue weighted by Gasteiger charge is 2.22. The highest BCUT2D eigenvalue weighted by atomic mass is 16.3. The van der Waals surface area contributed by atoms with Crippen LogP contribution in [0.5, 0.6) is 0 Å². The molecule has 0 bridgehead atoms. The predicted octanol–water partition coefficient (Wildman–Crippen LogP) is 3.82. The number of rotatable bonds is 8. The first kappa shape index (κ1) is 18.6. The molecule has 3 heteroatoms. The van der Waals surface area contributed by atoms with Crippen LogP contribution < -0.4 is 10.6 Å². The molecule has 0 saturated heterocycles. The Morgan fingerprint density at radius 1 is 0.923 bits per heavy atom. The predicted molar refractivity (Wildman–Crippen MR) is 109 cm³/mol. The number of hydrogen-bond donors (Lipinski definition) is 3. The third-order valence-electron chi connectivity index (χ3n) is 4.78. The number of nitrogens with one attached hydrogen (secondary N) is 2. The van der Waals surface area contributed by atoms with Gasteiger partial charge in [0.1, 0.15) is 0 Å². The van der Waals surface area contributed by atoms with Gasteiger partial charge in [-0.05, 0) is 41.8 Å². The molecule has 0 unspecified atom stereocenters. The molecule has 0 aromatic heterocycles. The molecule has 0 aliphatic heterocycles. The normalized spacial score (nSPS) is 14.9. The Balaban J connectivity index is 1.46. The average molecular weight is 348 g/mol. The van der Waals surface area contributed by atoms with E-state index in [2.05, 4.69) is 60.0 Å². The zero-order chi connectivity index (χ0) is 18.4. The molecule has 0 saturated carbocycles. The van der Waals surface area contributed by atoms with Gasteiger partial charge in [-0.25, -0.2) is 0 Å². The Hall–Kier alpha value is -2.20. The number of hydrogen-bond acceptors (Lipinski definition) is 3. The fourth-order valence-corrected chi connectivity index (χ4v) is 3.14. The van der Waals surface area contributed by atoms with Crippen molar-refractivity contribution < 1.29 is 5.11 Å². The van der Waals surface area contributed by atoms with Gasteiger partial charge in [-0.1, -0.05) is 66.7 Å². The first-order chi connectivity index (χ1) is 12.5. The summed E-state index contributed by atoms with van der Waals surface area (Å²) >= 11 is 0. The molecule has 3 aromatic rings. The van der Waals surface area contributed by atoms with Crippen molar-refractivity contribution >= 4 is 10.8 Å². The maximum atomic E-state index is 10.6. The van der Waals surface area contributed by atoms with Crippen molar-refractivity contribution in [1.82, 2.24) is 10.6 Å². The van der Waals surface area contributed by atoms with Gasteiger partial charge in [-0.15, -0.1) is 0 Å². The van der Waals surface area contributed by atoms with Crippen molar-refractivity contribution in [2.75, 3.05) is 13.1 Å². The summed E-state index contributed by atoms with van der Waals surface area (Å²) in [6.45, 7) is 6.17. The minimum Gasteiger partial charge on any atom is -0.384 e. The van der Waals surface area contributed by atoms with Gasteiger partial charge in [-0.2, -0.15) is 0 Å². The number of aliphatic hydroxyl groups is 1. The molecule has 3 nitrogen and oxygen atoms in total. The summed E-state index contributed by atoms with van der Waals surface area (Å²) in [5.41, 5.74) is 1.36. The summed E-state index contributed by atoms with van der Waals surface area (Å²) in [5, 5.41) is 20.1. The zero-order valence-corrected chi connectivity index (χ0v) is 15.6. The van der Waals surface area contributed by atoms with E-state index in [0.29, 0.717) is 12.6 Å². The highest BCUT2D eigenvalue weighted by molar-refractivity contribution is 5.82. The smallest absolute Gasteiger partial charge is 0.0992 e. The summed E-state index contributed by atoms with van der Waals surface area (Å²) < 4.78 is 0. The molecule has 0 fully saturated rings. The van der Waals surface area contributed by atoms with Crippen molar-refractivity contribution in [2.24, 2.45) is 0 Å². The van der Waals surface area contributed by atoms with E-state index in [0.717, 1.165) is 18.7 Å². The zero-order valence-electron chi connectivity index (χ0n) is 15.6. The molecule has 0 heterocycles. The van der Waals surface area contributed by atoms with Gasteiger partial charge in [0.05, 0.1) is 5.60 Å². The van der Waals surface area contributed by atoms with E-state index in [4.69, 9.17) is 0 Å². The van der Waals surface area contributed by atoms with E-state index in [1.165, 1.54) is 16.3 Å². The maximum Gasteiger partial charge on any atom is 0.0992 e. The van der Waals surface area contributed by atoms with Gasteiger partial charge in [0, 0.05) is 25.7 Å². The molecule has 136 valence electrons. The van der Waals surface area contributed by atoms with Crippen LogP contribution in [-0.4, -0.2) is 24.2 Å². The van der Waals surface area contributed by atoms with Crippen LogP contribution in [0.4, 0.5) is 0 Å². The lowest BCUT2D eigenvalue weighted by atomic mass is 9.96. The van der Waals surface area contributed by atoms with Gasteiger partial charge in [0.2, 0.25) is 0 Å². The van der Waals surface area contributed by atoms with Crippen molar-refractivity contribution in [3.05, 3.63) is 83.9 Å². The monoisotopic (exact) mass is 348 g/mol. The molecule has 2 atom stereocenters. The van der Waals surface area contributed by atoms with Gasteiger partial charge in [-0.3, -0.25) is 0 Å². The molecule has 0 spiro atoms. The third kappa shape index (κ3) is 4.92. The van der Waals surface area contributed by atoms with Crippen LogP contribution in [0, 0.1) is 0 Å². The van der Waals surface area contributed by atoms with E-state index >= 15 is 0 Å². The van der Waals surface area contributed by atoms with E-state index in [1.807, 2.05) is 37.3 Å². The average Bonchev–Trinajstić information content (AvgIpc) is 2.67. The second-order valence-corrected chi connectivity index (χ2v) is 7.23. The SMILES string of the molecule is C[C@H](CNC[C@@](C)(O)c1ccccc1)NCc1ccc2ccccc2c1. The minimum atomic E-state index is -0.862. The van der Waals surface area contributed by atoms with Gasteiger partial charge in [0.25, 0.3) is 0 Å². The standard InChI is InChI=1S/C23H28N2O/c1-18(15-24-17-23(2,26)22-10-4-3-5-11-22)25-16-19-12-13-20-8-6-7-9-21(20)14-19/h3-14,18,24-26H,15-17H2,1-2H3/t18-,23-/m1/s1. The Morgan fingerprint density at radius 3 is 2.38 bits per heavy atom. The van der Waals surface area contributed by atoms with Gasteiger partial charge >= 0.3 is 0 Å². The molecule has 3 N–H and O–H groups in total. The molecule has 3 rings (SSSR count). The minimum absolute atomic E-state index is 0.313. The van der Waals surface area contributed by atoms with Crippen molar-refractivity contribution in [3.8, 4) is 0 Å².